The number of aliphatic hydroxyl groups is 1. The van der Waals surface area contributed by atoms with Crippen LogP contribution in [0.4, 0.5) is 10.3 Å². The first-order chi connectivity index (χ1) is 13.4. The van der Waals surface area contributed by atoms with Gasteiger partial charge < -0.3 is 19.9 Å². The summed E-state index contributed by atoms with van der Waals surface area (Å²) in [6.07, 6.45) is 2.31. The molecule has 1 fully saturated rings. The summed E-state index contributed by atoms with van der Waals surface area (Å²) in [5, 5.41) is 13.5. The van der Waals surface area contributed by atoms with Crippen LogP contribution in [0.5, 0.6) is 5.75 Å². The van der Waals surface area contributed by atoms with Gasteiger partial charge in [-0.3, -0.25) is 0 Å². The number of fused-ring (bicyclic) bond motifs is 1. The predicted molar refractivity (Wildman–Crippen MR) is 104 cm³/mol. The number of halogens is 2. The van der Waals surface area contributed by atoms with Crippen LogP contribution in [0.1, 0.15) is 32.3 Å². The molecule has 2 N–H and O–H groups in total. The maximum atomic E-state index is 14.7. The van der Waals surface area contributed by atoms with Crippen molar-refractivity contribution in [2.45, 2.75) is 44.2 Å². The van der Waals surface area contributed by atoms with Crippen LogP contribution in [0.15, 0.2) is 18.3 Å². The molecule has 3 heterocycles. The largest absolute Gasteiger partial charge is 0.489 e. The van der Waals surface area contributed by atoms with Gasteiger partial charge in [-0.1, -0.05) is 25.4 Å². The van der Waals surface area contributed by atoms with E-state index in [-0.39, 0.29) is 18.1 Å². The second-order valence-corrected chi connectivity index (χ2v) is 8.02. The Bertz CT molecular complexity index is 897. The van der Waals surface area contributed by atoms with E-state index in [1.807, 2.05) is 6.07 Å². The van der Waals surface area contributed by atoms with Gasteiger partial charge in [-0.2, -0.15) is 0 Å². The first-order valence-electron chi connectivity index (χ1n) is 9.43. The van der Waals surface area contributed by atoms with Crippen molar-refractivity contribution in [3.05, 3.63) is 34.7 Å². The number of nitrogens with zero attached hydrogens (tertiary/aromatic N) is 2. The molecule has 4 rings (SSSR count). The molecule has 2 aliphatic heterocycles. The molecule has 0 radical (unpaired) electrons. The van der Waals surface area contributed by atoms with E-state index in [4.69, 9.17) is 21.1 Å². The van der Waals surface area contributed by atoms with Crippen LogP contribution in [0.2, 0.25) is 5.02 Å². The van der Waals surface area contributed by atoms with Crippen LogP contribution >= 0.6 is 11.6 Å². The highest BCUT2D eigenvalue weighted by molar-refractivity contribution is 6.32. The zero-order chi connectivity index (χ0) is 19.9. The Kier molecular flexibility index (Phi) is 5.16. The molecule has 1 saturated heterocycles. The van der Waals surface area contributed by atoms with Crippen molar-refractivity contribution in [2.75, 3.05) is 25.1 Å². The fourth-order valence-electron chi connectivity index (χ4n) is 3.62. The second kappa shape index (κ2) is 7.46. The molecule has 0 amide bonds. The smallest absolute Gasteiger partial charge is 0.223 e. The Hall–Kier alpha value is -1.96. The average Bonchev–Trinajstić information content (AvgIpc) is 3.03. The zero-order valence-corrected chi connectivity index (χ0v) is 16.6. The summed E-state index contributed by atoms with van der Waals surface area (Å²) in [5.74, 6) is 0.219. The van der Waals surface area contributed by atoms with Gasteiger partial charge in [0, 0.05) is 23.1 Å². The number of benzene rings is 1. The van der Waals surface area contributed by atoms with Crippen LogP contribution in [0.25, 0.3) is 11.3 Å². The van der Waals surface area contributed by atoms with Crippen LogP contribution in [-0.2, 0) is 10.2 Å². The molecular weight excluding hydrogens is 385 g/mol. The molecule has 150 valence electrons. The number of hydrogen-bond donors (Lipinski definition) is 2. The van der Waals surface area contributed by atoms with Gasteiger partial charge in [0.25, 0.3) is 0 Å². The van der Waals surface area contributed by atoms with Crippen molar-refractivity contribution in [1.82, 2.24) is 9.97 Å². The molecule has 8 heteroatoms. The van der Waals surface area contributed by atoms with E-state index in [2.05, 4.69) is 29.1 Å². The van der Waals surface area contributed by atoms with E-state index in [0.29, 0.717) is 47.6 Å². The Morgan fingerprint density at radius 2 is 2.25 bits per heavy atom. The molecule has 0 unspecified atom stereocenters. The molecule has 0 aliphatic carbocycles. The number of anilines is 1. The first-order valence-corrected chi connectivity index (χ1v) is 9.81. The minimum Gasteiger partial charge on any atom is -0.489 e. The fourth-order valence-corrected chi connectivity index (χ4v) is 3.82. The van der Waals surface area contributed by atoms with Crippen molar-refractivity contribution in [3.8, 4) is 17.0 Å². The second-order valence-electron chi connectivity index (χ2n) is 7.61. The van der Waals surface area contributed by atoms with Gasteiger partial charge in [0.1, 0.15) is 0 Å². The highest BCUT2D eigenvalue weighted by atomic mass is 35.5. The van der Waals surface area contributed by atoms with Crippen molar-refractivity contribution in [1.29, 1.82) is 0 Å². The Morgan fingerprint density at radius 1 is 1.43 bits per heavy atom. The molecule has 1 aromatic carbocycles. The van der Waals surface area contributed by atoms with Gasteiger partial charge in [0.2, 0.25) is 5.95 Å². The van der Waals surface area contributed by atoms with E-state index < -0.39 is 11.9 Å². The van der Waals surface area contributed by atoms with Crippen molar-refractivity contribution < 1.29 is 19.0 Å². The third-order valence-corrected chi connectivity index (χ3v) is 5.94. The molecule has 0 saturated carbocycles. The summed E-state index contributed by atoms with van der Waals surface area (Å²) in [6.45, 7) is 5.39. The van der Waals surface area contributed by atoms with Crippen LogP contribution in [-0.4, -0.2) is 47.0 Å². The van der Waals surface area contributed by atoms with Gasteiger partial charge in [-0.05, 0) is 25.0 Å². The SMILES string of the molecule is CC[C@@]1(C)COc2c(F)cc(-c3nc(N[C@@H]4CCOC[C@H]4O)ncc3Cl)cc21. The Labute approximate surface area is 168 Å². The van der Waals surface area contributed by atoms with Crippen LogP contribution in [0.3, 0.4) is 0 Å². The summed E-state index contributed by atoms with van der Waals surface area (Å²) in [7, 11) is 0. The number of rotatable bonds is 4. The number of aliphatic hydroxyl groups excluding tert-OH is 1. The topological polar surface area (TPSA) is 76.5 Å². The van der Waals surface area contributed by atoms with Crippen LogP contribution < -0.4 is 10.1 Å². The number of ether oxygens (including phenoxy) is 2. The van der Waals surface area contributed by atoms with Gasteiger partial charge in [-0.25, -0.2) is 14.4 Å². The molecule has 6 nitrogen and oxygen atoms in total. The normalized spacial score (nSPS) is 26.6. The van der Waals surface area contributed by atoms with Gasteiger partial charge in [-0.15, -0.1) is 0 Å². The Balaban J connectivity index is 1.70. The monoisotopic (exact) mass is 407 g/mol. The summed E-state index contributed by atoms with van der Waals surface area (Å²) in [6, 6.07) is 3.08. The van der Waals surface area contributed by atoms with Crippen molar-refractivity contribution >= 4 is 17.5 Å². The third-order valence-electron chi connectivity index (χ3n) is 5.67. The van der Waals surface area contributed by atoms with E-state index >= 15 is 0 Å². The maximum absolute atomic E-state index is 14.7. The van der Waals surface area contributed by atoms with Crippen LogP contribution in [0, 0.1) is 5.82 Å². The maximum Gasteiger partial charge on any atom is 0.223 e. The van der Waals surface area contributed by atoms with E-state index in [1.165, 1.54) is 12.3 Å². The van der Waals surface area contributed by atoms with Gasteiger partial charge in [0.15, 0.2) is 11.6 Å². The van der Waals surface area contributed by atoms with E-state index in [1.54, 1.807) is 0 Å². The third kappa shape index (κ3) is 3.43. The standard InChI is InChI=1S/C20H23ClFN3O3/c1-3-20(2)10-28-18-12(20)6-11(7-14(18)22)17-13(21)8-23-19(25-17)24-15-4-5-27-9-16(15)26/h6-8,15-16,26H,3-5,9-10H2,1-2H3,(H,23,24,25)/t15-,16-,20+/m1/s1. The highest BCUT2D eigenvalue weighted by Gasteiger charge is 2.37. The van der Waals surface area contributed by atoms with E-state index in [9.17, 15) is 9.50 Å². The lowest BCUT2D eigenvalue weighted by Gasteiger charge is -2.28. The number of hydrogen-bond acceptors (Lipinski definition) is 6. The predicted octanol–water partition coefficient (Wildman–Crippen LogP) is 3.56. The van der Waals surface area contributed by atoms with Crippen molar-refractivity contribution in [3.63, 3.8) is 0 Å². The van der Waals surface area contributed by atoms with E-state index in [0.717, 1.165) is 12.0 Å². The lowest BCUT2D eigenvalue weighted by molar-refractivity contribution is -0.0136. The minimum absolute atomic E-state index is 0.212. The summed E-state index contributed by atoms with van der Waals surface area (Å²) >= 11 is 6.33. The molecule has 2 aromatic rings. The summed E-state index contributed by atoms with van der Waals surface area (Å²) < 4.78 is 25.5. The Morgan fingerprint density at radius 3 is 3.00 bits per heavy atom. The minimum atomic E-state index is -0.642. The lowest BCUT2D eigenvalue weighted by Crippen LogP contribution is -2.42. The van der Waals surface area contributed by atoms with Gasteiger partial charge >= 0.3 is 0 Å². The molecular formula is C20H23ClFN3O3. The number of aromatic nitrogens is 2. The lowest BCUT2D eigenvalue weighted by atomic mass is 9.81. The molecule has 0 spiro atoms. The van der Waals surface area contributed by atoms with Gasteiger partial charge in [0.05, 0.1) is 42.3 Å². The highest BCUT2D eigenvalue weighted by Crippen LogP contribution is 2.44. The molecule has 3 atom stereocenters. The summed E-state index contributed by atoms with van der Waals surface area (Å²) in [5.41, 5.74) is 1.59. The summed E-state index contributed by atoms with van der Waals surface area (Å²) in [4.78, 5) is 8.71. The number of nitrogens with one attached hydrogen (secondary N) is 1. The molecule has 0 bridgehead atoms. The quantitative estimate of drug-likeness (QED) is 0.807. The zero-order valence-electron chi connectivity index (χ0n) is 15.8. The van der Waals surface area contributed by atoms with Crippen molar-refractivity contribution in [2.24, 2.45) is 0 Å². The molecule has 1 aromatic heterocycles. The first kappa shape index (κ1) is 19.4. The molecule has 28 heavy (non-hydrogen) atoms. The average molecular weight is 408 g/mol. The molecule has 2 aliphatic rings. The fraction of sp³-hybridized carbons (Fsp3) is 0.500.